The Balaban J connectivity index is 1.76. The number of ether oxygens (including phenoxy) is 1. The van der Waals surface area contributed by atoms with E-state index in [1.54, 1.807) is 23.9 Å². The number of carboxylic acid groups (broad SMARTS) is 1. The largest absolute Gasteiger partial charge is 0.482 e. The highest BCUT2D eigenvalue weighted by atomic mass is 32.2. The standard InChI is InChI=1S/C25H24O3S/c1-2-19-8-6-7-11-23(19)24(20-9-4-3-5-10-20)16-17-29-22-14-12-21(13-15-22)28-18-25(26)27/h3-16H,2,17-18H2,1H3,(H,26,27). The molecule has 0 fully saturated rings. The zero-order valence-corrected chi connectivity index (χ0v) is 17.2. The molecule has 29 heavy (non-hydrogen) atoms. The molecule has 0 aliphatic rings. The fourth-order valence-corrected chi connectivity index (χ4v) is 3.86. The predicted molar refractivity (Wildman–Crippen MR) is 120 cm³/mol. The minimum Gasteiger partial charge on any atom is -0.482 e. The van der Waals surface area contributed by atoms with Gasteiger partial charge in [-0.2, -0.15) is 0 Å². The van der Waals surface area contributed by atoms with Crippen molar-refractivity contribution in [3.8, 4) is 5.75 Å². The number of rotatable bonds is 9. The maximum Gasteiger partial charge on any atom is 0.341 e. The van der Waals surface area contributed by atoms with Gasteiger partial charge in [0.05, 0.1) is 0 Å². The van der Waals surface area contributed by atoms with Gasteiger partial charge in [-0.1, -0.05) is 67.6 Å². The van der Waals surface area contributed by atoms with E-state index in [9.17, 15) is 4.79 Å². The van der Waals surface area contributed by atoms with Gasteiger partial charge in [-0.05, 0) is 52.9 Å². The Labute approximate surface area is 176 Å². The molecule has 0 spiro atoms. The summed E-state index contributed by atoms with van der Waals surface area (Å²) in [6.07, 6.45) is 3.27. The Morgan fingerprint density at radius 1 is 0.966 bits per heavy atom. The molecule has 0 aromatic heterocycles. The summed E-state index contributed by atoms with van der Waals surface area (Å²) in [5.74, 6) is 0.418. The van der Waals surface area contributed by atoms with Crippen LogP contribution in [0.3, 0.4) is 0 Å². The number of aliphatic carboxylic acids is 1. The average Bonchev–Trinajstić information content (AvgIpc) is 2.77. The van der Waals surface area contributed by atoms with Crippen molar-refractivity contribution in [3.05, 3.63) is 102 Å². The Morgan fingerprint density at radius 3 is 2.34 bits per heavy atom. The molecule has 0 heterocycles. The van der Waals surface area contributed by atoms with E-state index in [-0.39, 0.29) is 6.61 Å². The molecule has 0 bridgehead atoms. The molecule has 0 atom stereocenters. The number of hydrogen-bond donors (Lipinski definition) is 1. The van der Waals surface area contributed by atoms with Crippen molar-refractivity contribution < 1.29 is 14.6 Å². The van der Waals surface area contributed by atoms with Gasteiger partial charge in [0, 0.05) is 10.6 Å². The van der Waals surface area contributed by atoms with Crippen LogP contribution in [0.5, 0.6) is 5.75 Å². The molecular weight excluding hydrogens is 380 g/mol. The molecule has 0 saturated heterocycles. The fourth-order valence-electron chi connectivity index (χ4n) is 3.09. The Hall–Kier alpha value is -2.98. The van der Waals surface area contributed by atoms with E-state index < -0.39 is 5.97 Å². The van der Waals surface area contributed by atoms with Gasteiger partial charge in [-0.15, -0.1) is 11.8 Å². The lowest BCUT2D eigenvalue weighted by Crippen LogP contribution is -2.09. The molecule has 1 N–H and O–H groups in total. The molecule has 3 nitrogen and oxygen atoms in total. The van der Waals surface area contributed by atoms with E-state index in [4.69, 9.17) is 9.84 Å². The minimum absolute atomic E-state index is 0.327. The first-order valence-corrected chi connectivity index (χ1v) is 10.6. The van der Waals surface area contributed by atoms with Crippen LogP contribution in [0.15, 0.2) is 89.8 Å². The van der Waals surface area contributed by atoms with Crippen LogP contribution >= 0.6 is 11.8 Å². The van der Waals surface area contributed by atoms with Gasteiger partial charge >= 0.3 is 5.97 Å². The van der Waals surface area contributed by atoms with Crippen LogP contribution in [0.2, 0.25) is 0 Å². The third-order valence-corrected chi connectivity index (χ3v) is 5.44. The summed E-state index contributed by atoms with van der Waals surface area (Å²) in [6, 6.07) is 26.6. The first kappa shape index (κ1) is 20.7. The second kappa shape index (κ2) is 10.5. The normalized spacial score (nSPS) is 11.3. The van der Waals surface area contributed by atoms with Crippen LogP contribution in [0, 0.1) is 0 Å². The van der Waals surface area contributed by atoms with Crippen molar-refractivity contribution in [2.75, 3.05) is 12.4 Å². The second-order valence-corrected chi connectivity index (χ2v) is 7.55. The maximum absolute atomic E-state index is 10.6. The van der Waals surface area contributed by atoms with Crippen LogP contribution < -0.4 is 4.74 Å². The quantitative estimate of drug-likeness (QED) is 0.449. The SMILES string of the molecule is CCc1ccccc1C(=CCSc1ccc(OCC(=O)O)cc1)c1ccccc1. The van der Waals surface area contributed by atoms with Crippen LogP contribution in [0.4, 0.5) is 0 Å². The number of hydrogen-bond acceptors (Lipinski definition) is 3. The monoisotopic (exact) mass is 404 g/mol. The van der Waals surface area contributed by atoms with Gasteiger partial charge in [0.1, 0.15) is 5.75 Å². The lowest BCUT2D eigenvalue weighted by molar-refractivity contribution is -0.139. The van der Waals surface area contributed by atoms with Gasteiger partial charge in [0.2, 0.25) is 0 Å². The average molecular weight is 405 g/mol. The van der Waals surface area contributed by atoms with E-state index in [0.717, 1.165) is 17.1 Å². The summed E-state index contributed by atoms with van der Waals surface area (Å²) in [4.78, 5) is 11.7. The molecule has 0 aliphatic heterocycles. The molecule has 0 saturated carbocycles. The molecule has 0 unspecified atom stereocenters. The van der Waals surface area contributed by atoms with Crippen LogP contribution in [-0.4, -0.2) is 23.4 Å². The van der Waals surface area contributed by atoms with Crippen LogP contribution in [-0.2, 0) is 11.2 Å². The molecule has 3 aromatic carbocycles. The minimum atomic E-state index is -0.977. The van der Waals surface area contributed by atoms with Gasteiger partial charge in [-0.3, -0.25) is 0 Å². The Kier molecular flexibility index (Phi) is 7.54. The highest BCUT2D eigenvalue weighted by Crippen LogP contribution is 2.29. The third kappa shape index (κ3) is 6.00. The van der Waals surface area contributed by atoms with E-state index in [1.165, 1.54) is 22.3 Å². The zero-order valence-electron chi connectivity index (χ0n) is 16.4. The van der Waals surface area contributed by atoms with Crippen LogP contribution in [0.1, 0.15) is 23.6 Å². The summed E-state index contributed by atoms with van der Waals surface area (Å²) in [7, 11) is 0. The van der Waals surface area contributed by atoms with Gasteiger partial charge < -0.3 is 9.84 Å². The molecular formula is C25H24O3S. The third-order valence-electron chi connectivity index (χ3n) is 4.50. The van der Waals surface area contributed by atoms with Crippen molar-refractivity contribution in [3.63, 3.8) is 0 Å². The molecule has 0 aliphatic carbocycles. The van der Waals surface area contributed by atoms with Crippen molar-refractivity contribution in [1.29, 1.82) is 0 Å². The predicted octanol–water partition coefficient (Wildman–Crippen LogP) is 5.94. The van der Waals surface area contributed by atoms with E-state index in [1.807, 2.05) is 18.2 Å². The number of benzene rings is 3. The topological polar surface area (TPSA) is 46.5 Å². The molecule has 3 aromatic rings. The zero-order chi connectivity index (χ0) is 20.5. The number of carbonyl (C=O) groups is 1. The molecule has 4 heteroatoms. The summed E-state index contributed by atoms with van der Waals surface area (Å²) < 4.78 is 5.19. The fraction of sp³-hybridized carbons (Fsp3) is 0.160. The summed E-state index contributed by atoms with van der Waals surface area (Å²) >= 11 is 1.74. The first-order chi connectivity index (χ1) is 14.2. The summed E-state index contributed by atoms with van der Waals surface area (Å²) in [5, 5.41) is 8.69. The highest BCUT2D eigenvalue weighted by molar-refractivity contribution is 7.99. The van der Waals surface area contributed by atoms with Gasteiger partial charge in [0.25, 0.3) is 0 Å². The maximum atomic E-state index is 10.6. The van der Waals surface area contributed by atoms with Crippen molar-refractivity contribution in [2.45, 2.75) is 18.2 Å². The molecule has 0 amide bonds. The summed E-state index contributed by atoms with van der Waals surface area (Å²) in [5.41, 5.74) is 5.08. The Morgan fingerprint density at radius 2 is 1.66 bits per heavy atom. The number of aryl methyl sites for hydroxylation is 1. The van der Waals surface area contributed by atoms with Gasteiger partial charge in [0.15, 0.2) is 6.61 Å². The second-order valence-electron chi connectivity index (χ2n) is 6.46. The number of thioether (sulfide) groups is 1. The first-order valence-electron chi connectivity index (χ1n) is 9.58. The van der Waals surface area contributed by atoms with E-state index in [0.29, 0.717) is 5.75 Å². The molecule has 148 valence electrons. The van der Waals surface area contributed by atoms with Crippen molar-refractivity contribution in [2.24, 2.45) is 0 Å². The number of carboxylic acids is 1. The van der Waals surface area contributed by atoms with Crippen molar-refractivity contribution in [1.82, 2.24) is 0 Å². The molecule has 0 radical (unpaired) electrons. The summed E-state index contributed by atoms with van der Waals surface area (Å²) in [6.45, 7) is 1.86. The van der Waals surface area contributed by atoms with Gasteiger partial charge in [-0.25, -0.2) is 4.79 Å². The lowest BCUT2D eigenvalue weighted by atomic mass is 9.93. The van der Waals surface area contributed by atoms with E-state index in [2.05, 4.69) is 61.5 Å². The van der Waals surface area contributed by atoms with E-state index >= 15 is 0 Å². The van der Waals surface area contributed by atoms with Crippen molar-refractivity contribution >= 4 is 23.3 Å². The smallest absolute Gasteiger partial charge is 0.341 e. The Bertz CT molecular complexity index is 963. The highest BCUT2D eigenvalue weighted by Gasteiger charge is 2.08. The van der Waals surface area contributed by atoms with Crippen LogP contribution in [0.25, 0.3) is 5.57 Å². The molecule has 3 rings (SSSR count). The lowest BCUT2D eigenvalue weighted by Gasteiger charge is -2.13.